The monoisotopic (exact) mass is 270 g/mol. The summed E-state index contributed by atoms with van der Waals surface area (Å²) >= 11 is 0. The number of benzene rings is 1. The maximum atomic E-state index is 12.2. The van der Waals surface area contributed by atoms with Crippen molar-refractivity contribution in [3.8, 4) is 6.07 Å². The van der Waals surface area contributed by atoms with E-state index in [1.807, 2.05) is 42.7 Å². The first-order chi connectivity index (χ1) is 9.69. The van der Waals surface area contributed by atoms with E-state index in [1.165, 1.54) is 0 Å². The van der Waals surface area contributed by atoms with E-state index in [9.17, 15) is 4.79 Å². The van der Waals surface area contributed by atoms with E-state index in [4.69, 9.17) is 5.26 Å². The van der Waals surface area contributed by atoms with Crippen LogP contribution in [0.5, 0.6) is 0 Å². The number of nitrogens with one attached hydrogen (secondary N) is 1. The van der Waals surface area contributed by atoms with Crippen molar-refractivity contribution in [3.63, 3.8) is 0 Å². The Labute approximate surface area is 118 Å². The summed E-state index contributed by atoms with van der Waals surface area (Å²) in [5, 5.41) is 11.8. The molecule has 0 aliphatic rings. The van der Waals surface area contributed by atoms with Crippen molar-refractivity contribution < 1.29 is 4.79 Å². The molecule has 2 rings (SSSR count). The van der Waals surface area contributed by atoms with Crippen molar-refractivity contribution in [1.82, 2.24) is 14.9 Å². The van der Waals surface area contributed by atoms with Gasteiger partial charge in [0, 0.05) is 6.54 Å². The van der Waals surface area contributed by atoms with Gasteiger partial charge in [0.2, 0.25) is 5.91 Å². The van der Waals surface area contributed by atoms with E-state index in [0.717, 1.165) is 17.5 Å². The molecule has 1 unspecified atom stereocenters. The minimum absolute atomic E-state index is 0.0470. The minimum Gasteiger partial charge on any atom is -0.354 e. The third kappa shape index (κ3) is 2.64. The molecular weight excluding hydrogens is 252 g/mol. The Hall–Kier alpha value is -2.35. The molecule has 104 valence electrons. The molecule has 0 bridgehead atoms. The van der Waals surface area contributed by atoms with Crippen molar-refractivity contribution in [2.24, 2.45) is 0 Å². The first-order valence-electron chi connectivity index (χ1n) is 6.79. The lowest BCUT2D eigenvalue weighted by atomic mass is 10.2. The fraction of sp³-hybridized carbons (Fsp3) is 0.400. The number of aromatic nitrogens is 2. The highest BCUT2D eigenvalue weighted by molar-refractivity contribution is 5.84. The van der Waals surface area contributed by atoms with Gasteiger partial charge in [-0.3, -0.25) is 4.79 Å². The first-order valence-corrected chi connectivity index (χ1v) is 6.79. The van der Waals surface area contributed by atoms with Crippen LogP contribution in [0.2, 0.25) is 0 Å². The number of carbonyl (C=O) groups excluding carboxylic acids is 1. The predicted octanol–water partition coefficient (Wildman–Crippen LogP) is 2.19. The molecule has 1 aromatic carbocycles. The van der Waals surface area contributed by atoms with E-state index in [1.54, 1.807) is 0 Å². The van der Waals surface area contributed by atoms with Crippen LogP contribution in [0.4, 0.5) is 0 Å². The van der Waals surface area contributed by atoms with Gasteiger partial charge in [-0.25, -0.2) is 4.98 Å². The highest BCUT2D eigenvalue weighted by Crippen LogP contribution is 2.21. The van der Waals surface area contributed by atoms with Crippen LogP contribution in [0.25, 0.3) is 11.0 Å². The van der Waals surface area contributed by atoms with E-state index in [2.05, 4.69) is 16.4 Å². The molecule has 0 aliphatic heterocycles. The van der Waals surface area contributed by atoms with E-state index >= 15 is 0 Å². The second-order valence-corrected chi connectivity index (χ2v) is 4.69. The number of para-hydroxylation sites is 2. The summed E-state index contributed by atoms with van der Waals surface area (Å²) in [6, 6.07) is 9.36. The van der Waals surface area contributed by atoms with Crippen LogP contribution in [0, 0.1) is 11.3 Å². The number of nitrogens with zero attached hydrogens (tertiary/aromatic N) is 3. The highest BCUT2D eigenvalue weighted by atomic mass is 16.2. The van der Waals surface area contributed by atoms with Gasteiger partial charge in [-0.2, -0.15) is 5.26 Å². The van der Waals surface area contributed by atoms with Crippen molar-refractivity contribution in [1.29, 1.82) is 5.26 Å². The van der Waals surface area contributed by atoms with E-state index < -0.39 is 0 Å². The molecule has 0 aliphatic carbocycles. The largest absolute Gasteiger partial charge is 0.354 e. The molecule has 1 atom stereocenters. The summed E-state index contributed by atoms with van der Waals surface area (Å²) in [5.41, 5.74) is 1.70. The molecule has 0 saturated carbocycles. The molecule has 5 heteroatoms. The van der Waals surface area contributed by atoms with Crippen molar-refractivity contribution in [2.45, 2.75) is 32.7 Å². The number of hydrogen-bond acceptors (Lipinski definition) is 3. The number of nitriles is 1. The maximum absolute atomic E-state index is 12.2. The van der Waals surface area contributed by atoms with Crippen LogP contribution in [0.1, 0.15) is 32.1 Å². The lowest BCUT2D eigenvalue weighted by Gasteiger charge is -2.16. The zero-order valence-electron chi connectivity index (χ0n) is 11.8. The molecule has 1 aromatic heterocycles. The molecule has 20 heavy (non-hydrogen) atoms. The van der Waals surface area contributed by atoms with Crippen LogP contribution in [0.3, 0.4) is 0 Å². The summed E-state index contributed by atoms with van der Waals surface area (Å²) in [6.45, 7) is 4.50. The predicted molar refractivity (Wildman–Crippen MR) is 77.1 cm³/mol. The molecule has 1 amide bonds. The SMILES string of the molecule is CCCNC(=O)C(C)n1c(CC#N)nc2ccccc21. The number of fused-ring (bicyclic) bond motifs is 1. The van der Waals surface area contributed by atoms with Gasteiger partial charge < -0.3 is 9.88 Å². The Bertz CT molecular complexity index is 653. The molecule has 0 radical (unpaired) electrons. The average molecular weight is 270 g/mol. The van der Waals surface area contributed by atoms with Crippen LogP contribution < -0.4 is 5.32 Å². The van der Waals surface area contributed by atoms with Crippen molar-refractivity contribution in [2.75, 3.05) is 6.54 Å². The number of imidazole rings is 1. The second kappa shape index (κ2) is 6.20. The molecule has 2 aromatic rings. The zero-order chi connectivity index (χ0) is 14.5. The molecule has 0 fully saturated rings. The summed E-state index contributed by atoms with van der Waals surface area (Å²) in [6.07, 6.45) is 1.09. The molecule has 0 spiro atoms. The van der Waals surface area contributed by atoms with Gasteiger partial charge in [0.1, 0.15) is 11.9 Å². The Morgan fingerprint density at radius 3 is 2.95 bits per heavy atom. The lowest BCUT2D eigenvalue weighted by molar-refractivity contribution is -0.123. The number of carbonyl (C=O) groups is 1. The third-order valence-corrected chi connectivity index (χ3v) is 3.22. The molecule has 5 nitrogen and oxygen atoms in total. The minimum atomic E-state index is -0.378. The number of amides is 1. The van der Waals surface area contributed by atoms with Gasteiger partial charge in [0.25, 0.3) is 0 Å². The molecular formula is C15H18N4O. The molecule has 0 saturated heterocycles. The van der Waals surface area contributed by atoms with E-state index in [-0.39, 0.29) is 18.4 Å². The topological polar surface area (TPSA) is 70.7 Å². The van der Waals surface area contributed by atoms with Crippen LogP contribution >= 0.6 is 0 Å². The standard InChI is InChI=1S/C15H18N4O/c1-3-10-17-15(20)11(2)19-13-7-5-4-6-12(13)18-14(19)8-9-16/h4-7,11H,3,8,10H2,1-2H3,(H,17,20). The van der Waals surface area contributed by atoms with Crippen molar-refractivity contribution >= 4 is 16.9 Å². The summed E-state index contributed by atoms with van der Waals surface area (Å²) in [4.78, 5) is 16.6. The van der Waals surface area contributed by atoms with Gasteiger partial charge in [0.05, 0.1) is 23.5 Å². The fourth-order valence-electron chi connectivity index (χ4n) is 2.24. The van der Waals surface area contributed by atoms with Gasteiger partial charge in [-0.15, -0.1) is 0 Å². The Kier molecular flexibility index (Phi) is 4.36. The quantitative estimate of drug-likeness (QED) is 0.905. The van der Waals surface area contributed by atoms with Gasteiger partial charge in [-0.1, -0.05) is 19.1 Å². The molecule has 1 heterocycles. The fourth-order valence-corrected chi connectivity index (χ4v) is 2.24. The van der Waals surface area contributed by atoms with Gasteiger partial charge in [0.15, 0.2) is 0 Å². The number of hydrogen-bond donors (Lipinski definition) is 1. The average Bonchev–Trinajstić information content (AvgIpc) is 2.82. The van der Waals surface area contributed by atoms with Crippen molar-refractivity contribution in [3.05, 3.63) is 30.1 Å². The third-order valence-electron chi connectivity index (χ3n) is 3.22. The Morgan fingerprint density at radius 2 is 2.25 bits per heavy atom. The first kappa shape index (κ1) is 14.1. The van der Waals surface area contributed by atoms with E-state index in [0.29, 0.717) is 12.4 Å². The Morgan fingerprint density at radius 1 is 1.50 bits per heavy atom. The molecule has 1 N–H and O–H groups in total. The zero-order valence-corrected chi connectivity index (χ0v) is 11.8. The van der Waals surface area contributed by atoms with Gasteiger partial charge in [-0.05, 0) is 25.5 Å². The van der Waals surface area contributed by atoms with Gasteiger partial charge >= 0.3 is 0 Å². The van der Waals surface area contributed by atoms with Crippen LogP contribution in [0.15, 0.2) is 24.3 Å². The highest BCUT2D eigenvalue weighted by Gasteiger charge is 2.20. The lowest BCUT2D eigenvalue weighted by Crippen LogP contribution is -2.32. The summed E-state index contributed by atoms with van der Waals surface area (Å²) in [7, 11) is 0. The van der Waals surface area contributed by atoms with Crippen LogP contribution in [-0.4, -0.2) is 22.0 Å². The normalized spacial score (nSPS) is 12.1. The summed E-state index contributed by atoms with van der Waals surface area (Å²) in [5.74, 6) is 0.585. The second-order valence-electron chi connectivity index (χ2n) is 4.69. The van der Waals surface area contributed by atoms with Crippen LogP contribution in [-0.2, 0) is 11.2 Å². The smallest absolute Gasteiger partial charge is 0.242 e. The Balaban J connectivity index is 2.43. The number of rotatable bonds is 5. The summed E-state index contributed by atoms with van der Waals surface area (Å²) < 4.78 is 1.85. The maximum Gasteiger partial charge on any atom is 0.242 e.